The highest BCUT2D eigenvalue weighted by Crippen LogP contribution is 2.35. The van der Waals surface area contributed by atoms with E-state index in [-0.39, 0.29) is 5.56 Å². The number of benzene rings is 1. The molecule has 0 aliphatic rings. The molecule has 1 aromatic rings. The van der Waals surface area contributed by atoms with Gasteiger partial charge in [-0.25, -0.2) is 9.36 Å². The van der Waals surface area contributed by atoms with Gasteiger partial charge in [-0.05, 0) is 12.1 Å². The molecule has 4 N–H and O–H groups in total. The lowest BCUT2D eigenvalue weighted by molar-refractivity contribution is -0.128. The Morgan fingerprint density at radius 1 is 1.26 bits per heavy atom. The van der Waals surface area contributed by atoms with Crippen LogP contribution in [0.15, 0.2) is 30.3 Å². The van der Waals surface area contributed by atoms with Gasteiger partial charge in [-0.15, -0.1) is 0 Å². The lowest BCUT2D eigenvalue weighted by atomic mass is 10.2. The average Bonchev–Trinajstić information content (AvgIpc) is 2.33. The van der Waals surface area contributed by atoms with Gasteiger partial charge in [0, 0.05) is 0 Å². The summed E-state index contributed by atoms with van der Waals surface area (Å²) < 4.78 is 19.3. The Hall–Kier alpha value is -1.73. The molecule has 0 aromatic heterocycles. The van der Waals surface area contributed by atoms with E-state index in [0.29, 0.717) is 0 Å². The number of carbonyl (C=O) groups excluding carboxylic acids is 2. The quantitative estimate of drug-likeness (QED) is 0.487. The number of hydrogen-bond acceptors (Lipinski definition) is 5. The average molecular weight is 289 g/mol. The molecule has 1 rings (SSSR count). The van der Waals surface area contributed by atoms with Crippen molar-refractivity contribution in [2.24, 2.45) is 5.73 Å². The van der Waals surface area contributed by atoms with Gasteiger partial charge in [0.05, 0.1) is 5.56 Å². The maximum absolute atomic E-state index is 11.6. The fourth-order valence-corrected chi connectivity index (χ4v) is 1.44. The summed E-state index contributed by atoms with van der Waals surface area (Å²) in [4.78, 5) is 39.6. The minimum Gasteiger partial charge on any atom is -0.446 e. The number of esters is 1. The highest BCUT2D eigenvalue weighted by atomic mass is 31.2. The number of primary amides is 1. The van der Waals surface area contributed by atoms with Gasteiger partial charge in [0.15, 0.2) is 0 Å². The molecule has 0 heterocycles. The molecule has 0 aliphatic carbocycles. The van der Waals surface area contributed by atoms with Crippen molar-refractivity contribution in [1.82, 2.24) is 0 Å². The number of amides is 1. The summed E-state index contributed by atoms with van der Waals surface area (Å²) in [5.74, 6) is -1.92. The second-order valence-corrected chi connectivity index (χ2v) is 4.69. The maximum atomic E-state index is 11.6. The van der Waals surface area contributed by atoms with Crippen LogP contribution in [0, 0.1) is 0 Å². The van der Waals surface area contributed by atoms with Crippen molar-refractivity contribution in [3.05, 3.63) is 35.9 Å². The molecule has 19 heavy (non-hydrogen) atoms. The van der Waals surface area contributed by atoms with Crippen LogP contribution in [0.1, 0.15) is 10.4 Å². The highest BCUT2D eigenvalue weighted by Gasteiger charge is 2.25. The zero-order valence-electron chi connectivity index (χ0n) is 9.63. The molecule has 1 atom stereocenters. The van der Waals surface area contributed by atoms with Crippen LogP contribution in [-0.2, 0) is 18.6 Å². The van der Waals surface area contributed by atoms with Crippen molar-refractivity contribution < 1.29 is 33.2 Å². The number of nitrogens with two attached hydrogens (primary N) is 1. The zero-order chi connectivity index (χ0) is 14.5. The van der Waals surface area contributed by atoms with Gasteiger partial charge in [0.2, 0.25) is 6.10 Å². The molecule has 0 saturated carbocycles. The van der Waals surface area contributed by atoms with Crippen LogP contribution in [0.25, 0.3) is 0 Å². The molecule has 1 unspecified atom stereocenters. The molecule has 8 nitrogen and oxygen atoms in total. The second-order valence-electron chi connectivity index (χ2n) is 3.45. The third kappa shape index (κ3) is 5.62. The monoisotopic (exact) mass is 289 g/mol. The molecule has 0 aliphatic heterocycles. The molecule has 0 bridgehead atoms. The van der Waals surface area contributed by atoms with Gasteiger partial charge < -0.3 is 20.3 Å². The van der Waals surface area contributed by atoms with Gasteiger partial charge in [0.25, 0.3) is 5.91 Å². The molecule has 9 heteroatoms. The Balaban J connectivity index is 2.67. The Bertz CT molecular complexity index is 498. The summed E-state index contributed by atoms with van der Waals surface area (Å²) in [7, 11) is -4.77. The Morgan fingerprint density at radius 3 is 2.32 bits per heavy atom. The first-order valence-electron chi connectivity index (χ1n) is 5.05. The number of hydrogen-bond donors (Lipinski definition) is 3. The van der Waals surface area contributed by atoms with Crippen LogP contribution < -0.4 is 5.73 Å². The minimum atomic E-state index is -4.77. The SMILES string of the molecule is NC(=O)C(COP(=O)(O)O)OC(=O)c1ccccc1. The topological polar surface area (TPSA) is 136 Å². The van der Waals surface area contributed by atoms with Gasteiger partial charge in [0.1, 0.15) is 6.61 Å². The van der Waals surface area contributed by atoms with Crippen LogP contribution in [0.3, 0.4) is 0 Å². The van der Waals surface area contributed by atoms with E-state index in [9.17, 15) is 14.2 Å². The normalized spacial score (nSPS) is 12.7. The van der Waals surface area contributed by atoms with Crippen LogP contribution in [0.4, 0.5) is 0 Å². The standard InChI is InChI=1S/C10H12NO7P/c11-9(12)8(6-17-19(14,15)16)18-10(13)7-4-2-1-3-5-7/h1-5,8H,6H2,(H2,11,12)(H2,14,15,16). The molecule has 0 spiro atoms. The van der Waals surface area contributed by atoms with E-state index in [1.807, 2.05) is 0 Å². The highest BCUT2D eigenvalue weighted by molar-refractivity contribution is 7.46. The lowest BCUT2D eigenvalue weighted by Crippen LogP contribution is -2.36. The van der Waals surface area contributed by atoms with Crippen molar-refractivity contribution in [3.8, 4) is 0 Å². The molecular formula is C10H12NO7P. The van der Waals surface area contributed by atoms with E-state index in [1.165, 1.54) is 12.1 Å². The molecule has 0 fully saturated rings. The fourth-order valence-electron chi connectivity index (χ4n) is 1.11. The van der Waals surface area contributed by atoms with Crippen LogP contribution in [-0.4, -0.2) is 34.4 Å². The summed E-state index contributed by atoms with van der Waals surface area (Å²) >= 11 is 0. The van der Waals surface area contributed by atoms with Crippen LogP contribution in [0.2, 0.25) is 0 Å². The zero-order valence-corrected chi connectivity index (χ0v) is 10.5. The van der Waals surface area contributed by atoms with Crippen molar-refractivity contribution in [3.63, 3.8) is 0 Å². The van der Waals surface area contributed by atoms with E-state index < -0.39 is 32.4 Å². The Kier molecular flexibility index (Phi) is 5.20. The van der Waals surface area contributed by atoms with Gasteiger partial charge in [-0.3, -0.25) is 9.32 Å². The number of phosphoric ester groups is 1. The summed E-state index contributed by atoms with van der Waals surface area (Å²) in [6, 6.07) is 7.75. The van der Waals surface area contributed by atoms with Crippen molar-refractivity contribution in [1.29, 1.82) is 0 Å². The third-order valence-electron chi connectivity index (χ3n) is 1.97. The molecule has 1 aromatic carbocycles. The molecule has 1 amide bonds. The second kappa shape index (κ2) is 6.44. The molecule has 0 saturated heterocycles. The molecule has 104 valence electrons. The summed E-state index contributed by atoms with van der Waals surface area (Å²) in [6.45, 7) is -0.821. The number of rotatable bonds is 6. The summed E-state index contributed by atoms with van der Waals surface area (Å²) in [5, 5.41) is 0. The van der Waals surface area contributed by atoms with Crippen molar-refractivity contribution >= 4 is 19.7 Å². The first-order valence-corrected chi connectivity index (χ1v) is 6.58. The molecular weight excluding hydrogens is 277 g/mol. The van der Waals surface area contributed by atoms with E-state index in [4.69, 9.17) is 20.3 Å². The number of carbonyl (C=O) groups is 2. The predicted octanol–water partition coefficient (Wildman–Crippen LogP) is -0.193. The third-order valence-corrected chi connectivity index (χ3v) is 2.46. The first kappa shape index (κ1) is 15.3. The smallest absolute Gasteiger partial charge is 0.446 e. The number of ether oxygens (including phenoxy) is 1. The Labute approximate surface area is 108 Å². The van der Waals surface area contributed by atoms with Crippen molar-refractivity contribution in [2.75, 3.05) is 6.61 Å². The largest absolute Gasteiger partial charge is 0.469 e. The lowest BCUT2D eigenvalue weighted by Gasteiger charge is -2.15. The van der Waals surface area contributed by atoms with Gasteiger partial charge >= 0.3 is 13.8 Å². The number of phosphoric acid groups is 1. The van der Waals surface area contributed by atoms with Crippen LogP contribution >= 0.6 is 7.82 Å². The fraction of sp³-hybridized carbons (Fsp3) is 0.200. The first-order chi connectivity index (χ1) is 8.79. The van der Waals surface area contributed by atoms with E-state index in [0.717, 1.165) is 0 Å². The van der Waals surface area contributed by atoms with Gasteiger partial charge in [-0.2, -0.15) is 0 Å². The Morgan fingerprint density at radius 2 is 1.84 bits per heavy atom. The van der Waals surface area contributed by atoms with E-state index in [1.54, 1.807) is 18.2 Å². The van der Waals surface area contributed by atoms with E-state index >= 15 is 0 Å². The van der Waals surface area contributed by atoms with Gasteiger partial charge in [-0.1, -0.05) is 18.2 Å². The van der Waals surface area contributed by atoms with Crippen LogP contribution in [0.5, 0.6) is 0 Å². The maximum Gasteiger partial charge on any atom is 0.469 e. The minimum absolute atomic E-state index is 0.171. The predicted molar refractivity (Wildman–Crippen MR) is 62.8 cm³/mol. The summed E-state index contributed by atoms with van der Waals surface area (Å²) in [6.07, 6.45) is -1.58. The van der Waals surface area contributed by atoms with Crippen molar-refractivity contribution in [2.45, 2.75) is 6.10 Å². The summed E-state index contributed by atoms with van der Waals surface area (Å²) in [5.41, 5.74) is 5.11. The van der Waals surface area contributed by atoms with E-state index in [2.05, 4.69) is 4.52 Å². The molecule has 0 radical (unpaired) electrons.